The third-order valence-corrected chi connectivity index (χ3v) is 2.96. The highest BCUT2D eigenvalue weighted by molar-refractivity contribution is 5.18. The van der Waals surface area contributed by atoms with Gasteiger partial charge in [0.05, 0.1) is 6.10 Å². The third kappa shape index (κ3) is 2.37. The van der Waals surface area contributed by atoms with E-state index in [2.05, 4.69) is 19.1 Å². The number of ether oxygens (including phenoxy) is 1. The first-order valence-electron chi connectivity index (χ1n) is 5.43. The normalized spacial score (nSPS) is 27.9. The molecule has 3 heteroatoms. The minimum absolute atomic E-state index is 0.125. The third-order valence-electron chi connectivity index (χ3n) is 2.96. The molecule has 0 unspecified atom stereocenters. The molecule has 0 aliphatic carbocycles. The van der Waals surface area contributed by atoms with Gasteiger partial charge in [0.25, 0.3) is 0 Å². The van der Waals surface area contributed by atoms with Crippen LogP contribution < -0.4 is 0 Å². The molecule has 2 atom stereocenters. The minimum atomic E-state index is 0.125. The first kappa shape index (κ1) is 10.6. The van der Waals surface area contributed by atoms with Crippen LogP contribution >= 0.6 is 0 Å². The molecule has 2 rings (SSSR count). The zero-order chi connectivity index (χ0) is 10.7. The van der Waals surface area contributed by atoms with Gasteiger partial charge in [-0.2, -0.15) is 5.06 Å². The van der Waals surface area contributed by atoms with E-state index >= 15 is 0 Å². The van der Waals surface area contributed by atoms with Crippen LogP contribution in [-0.4, -0.2) is 23.0 Å². The standard InChI is InChI=1S/C12H17NO2/c1-2-11-8-12(15-9-13(11)14)10-6-4-3-5-7-10/h3-7,11-12,14H,2,8-9H2,1H3/t11-,12-/m1/s1. The molecule has 0 aromatic heterocycles. The second-order valence-electron chi connectivity index (χ2n) is 3.93. The molecule has 0 spiro atoms. The van der Waals surface area contributed by atoms with Crippen molar-refractivity contribution in [1.29, 1.82) is 0 Å². The average Bonchev–Trinajstić information content (AvgIpc) is 2.31. The Bertz CT molecular complexity index is 302. The Morgan fingerprint density at radius 1 is 1.40 bits per heavy atom. The Hall–Kier alpha value is -0.900. The summed E-state index contributed by atoms with van der Waals surface area (Å²) in [6.07, 6.45) is 1.93. The highest BCUT2D eigenvalue weighted by atomic mass is 16.6. The van der Waals surface area contributed by atoms with Gasteiger partial charge in [-0.15, -0.1) is 0 Å². The summed E-state index contributed by atoms with van der Waals surface area (Å²) in [5.41, 5.74) is 1.20. The van der Waals surface area contributed by atoms with Gasteiger partial charge in [0.15, 0.2) is 0 Å². The molecule has 1 saturated heterocycles. The van der Waals surface area contributed by atoms with Crippen molar-refractivity contribution in [2.24, 2.45) is 0 Å². The maximum Gasteiger partial charge on any atom is 0.123 e. The van der Waals surface area contributed by atoms with E-state index in [1.165, 1.54) is 10.6 Å². The van der Waals surface area contributed by atoms with Crippen molar-refractivity contribution in [2.45, 2.75) is 31.9 Å². The van der Waals surface area contributed by atoms with Crippen molar-refractivity contribution in [3.63, 3.8) is 0 Å². The molecule has 1 aromatic rings. The van der Waals surface area contributed by atoms with Gasteiger partial charge >= 0.3 is 0 Å². The quantitative estimate of drug-likeness (QED) is 0.809. The zero-order valence-electron chi connectivity index (χ0n) is 8.97. The fourth-order valence-electron chi connectivity index (χ4n) is 1.99. The van der Waals surface area contributed by atoms with Crippen LogP contribution in [0.4, 0.5) is 0 Å². The monoisotopic (exact) mass is 207 g/mol. The van der Waals surface area contributed by atoms with Crippen molar-refractivity contribution >= 4 is 0 Å². The van der Waals surface area contributed by atoms with Gasteiger partial charge in [-0.3, -0.25) is 0 Å². The summed E-state index contributed by atoms with van der Waals surface area (Å²) in [5, 5.41) is 10.8. The summed E-state index contributed by atoms with van der Waals surface area (Å²) >= 11 is 0. The van der Waals surface area contributed by atoms with Crippen LogP contribution in [0.15, 0.2) is 30.3 Å². The van der Waals surface area contributed by atoms with E-state index < -0.39 is 0 Å². The summed E-state index contributed by atoms with van der Waals surface area (Å²) < 4.78 is 5.58. The van der Waals surface area contributed by atoms with E-state index in [4.69, 9.17) is 4.74 Å². The number of rotatable bonds is 2. The van der Waals surface area contributed by atoms with Gasteiger partial charge in [-0.1, -0.05) is 37.3 Å². The molecule has 1 aliphatic heterocycles. The predicted molar refractivity (Wildman–Crippen MR) is 57.5 cm³/mol. The molecule has 0 radical (unpaired) electrons. The van der Waals surface area contributed by atoms with Gasteiger partial charge < -0.3 is 9.94 Å². The smallest absolute Gasteiger partial charge is 0.123 e. The van der Waals surface area contributed by atoms with Crippen molar-refractivity contribution < 1.29 is 9.94 Å². The van der Waals surface area contributed by atoms with E-state index in [1.54, 1.807) is 0 Å². The maximum absolute atomic E-state index is 9.54. The van der Waals surface area contributed by atoms with Crippen molar-refractivity contribution in [2.75, 3.05) is 6.73 Å². The van der Waals surface area contributed by atoms with Crippen LogP contribution in [0.2, 0.25) is 0 Å². The van der Waals surface area contributed by atoms with E-state index in [1.807, 2.05) is 18.2 Å². The summed E-state index contributed by atoms with van der Waals surface area (Å²) in [6, 6.07) is 10.4. The molecule has 0 amide bonds. The molecule has 15 heavy (non-hydrogen) atoms. The van der Waals surface area contributed by atoms with Gasteiger partial charge in [0.2, 0.25) is 0 Å². The molecule has 1 fully saturated rings. The Kier molecular flexibility index (Phi) is 3.36. The second kappa shape index (κ2) is 4.75. The summed E-state index contributed by atoms with van der Waals surface area (Å²) in [4.78, 5) is 0. The average molecular weight is 207 g/mol. The topological polar surface area (TPSA) is 32.7 Å². The Labute approximate surface area is 90.2 Å². The molecular formula is C12H17NO2. The zero-order valence-corrected chi connectivity index (χ0v) is 8.97. The van der Waals surface area contributed by atoms with Gasteiger partial charge in [0.1, 0.15) is 6.73 Å². The van der Waals surface area contributed by atoms with E-state index in [-0.39, 0.29) is 12.1 Å². The largest absolute Gasteiger partial charge is 0.356 e. The lowest BCUT2D eigenvalue weighted by atomic mass is 9.99. The minimum Gasteiger partial charge on any atom is -0.356 e. The van der Waals surface area contributed by atoms with Crippen LogP contribution in [-0.2, 0) is 4.74 Å². The first-order valence-corrected chi connectivity index (χ1v) is 5.43. The molecule has 0 bridgehead atoms. The highest BCUT2D eigenvalue weighted by Crippen LogP contribution is 2.29. The van der Waals surface area contributed by atoms with Crippen LogP contribution in [0.25, 0.3) is 0 Å². The number of nitrogens with zero attached hydrogens (tertiary/aromatic N) is 1. The molecule has 1 aromatic carbocycles. The molecule has 1 heterocycles. The Morgan fingerprint density at radius 2 is 2.13 bits per heavy atom. The first-order chi connectivity index (χ1) is 7.31. The molecule has 1 N–H and O–H groups in total. The van der Waals surface area contributed by atoms with E-state index in [9.17, 15) is 5.21 Å². The summed E-state index contributed by atoms with van der Waals surface area (Å²) in [7, 11) is 0. The fourth-order valence-corrected chi connectivity index (χ4v) is 1.99. The highest BCUT2D eigenvalue weighted by Gasteiger charge is 2.27. The molecular weight excluding hydrogens is 190 g/mol. The van der Waals surface area contributed by atoms with Crippen LogP contribution in [0.5, 0.6) is 0 Å². The summed E-state index contributed by atoms with van der Waals surface area (Å²) in [5.74, 6) is 0. The fraction of sp³-hybridized carbons (Fsp3) is 0.500. The van der Waals surface area contributed by atoms with E-state index in [0.29, 0.717) is 6.73 Å². The lowest BCUT2D eigenvalue weighted by Gasteiger charge is -2.35. The Morgan fingerprint density at radius 3 is 2.80 bits per heavy atom. The molecule has 1 aliphatic rings. The lowest BCUT2D eigenvalue weighted by Crippen LogP contribution is -2.40. The predicted octanol–water partition coefficient (Wildman–Crippen LogP) is 2.58. The van der Waals surface area contributed by atoms with Crippen LogP contribution in [0.1, 0.15) is 31.4 Å². The number of hydroxylamine groups is 2. The van der Waals surface area contributed by atoms with E-state index in [0.717, 1.165) is 12.8 Å². The number of hydrogen-bond donors (Lipinski definition) is 1. The van der Waals surface area contributed by atoms with Gasteiger partial charge in [-0.25, -0.2) is 0 Å². The Balaban J connectivity index is 2.06. The van der Waals surface area contributed by atoms with Gasteiger partial charge in [0, 0.05) is 6.04 Å². The van der Waals surface area contributed by atoms with Crippen LogP contribution in [0.3, 0.4) is 0 Å². The van der Waals surface area contributed by atoms with Crippen molar-refractivity contribution in [1.82, 2.24) is 5.06 Å². The van der Waals surface area contributed by atoms with Crippen molar-refractivity contribution in [3.8, 4) is 0 Å². The van der Waals surface area contributed by atoms with Crippen LogP contribution in [0, 0.1) is 0 Å². The maximum atomic E-state index is 9.54. The second-order valence-corrected chi connectivity index (χ2v) is 3.93. The number of benzene rings is 1. The number of hydrogen-bond acceptors (Lipinski definition) is 3. The molecule has 82 valence electrons. The van der Waals surface area contributed by atoms with Crippen molar-refractivity contribution in [3.05, 3.63) is 35.9 Å². The summed E-state index contributed by atoms with van der Waals surface area (Å²) in [6.45, 7) is 2.39. The lowest BCUT2D eigenvalue weighted by molar-refractivity contribution is -0.239. The van der Waals surface area contributed by atoms with Gasteiger partial charge in [-0.05, 0) is 18.4 Å². The SMILES string of the molecule is CC[C@@H]1C[C@H](c2ccccc2)OCN1O. The molecule has 3 nitrogen and oxygen atoms in total. The molecule has 0 saturated carbocycles.